The molecule has 2 N–H and O–H groups in total. The minimum atomic E-state index is -1.17. The van der Waals surface area contributed by atoms with Gasteiger partial charge in [0.1, 0.15) is 5.60 Å². The Morgan fingerprint density at radius 1 is 1.16 bits per heavy atom. The first-order valence-electron chi connectivity index (χ1n) is 8.68. The van der Waals surface area contributed by atoms with E-state index in [2.05, 4.69) is 4.72 Å². The summed E-state index contributed by atoms with van der Waals surface area (Å²) in [4.78, 5) is 0. The molecule has 0 aromatic heterocycles. The van der Waals surface area contributed by atoms with Gasteiger partial charge in [0, 0.05) is 11.8 Å². The van der Waals surface area contributed by atoms with Gasteiger partial charge in [0.25, 0.3) is 0 Å². The molecule has 1 saturated heterocycles. The van der Waals surface area contributed by atoms with Crippen molar-refractivity contribution in [3.8, 4) is 0 Å². The Morgan fingerprint density at radius 2 is 1.64 bits per heavy atom. The van der Waals surface area contributed by atoms with Crippen molar-refractivity contribution in [1.82, 2.24) is 4.72 Å². The highest BCUT2D eigenvalue weighted by atomic mass is 32.2. The minimum Gasteiger partial charge on any atom is -0.399 e. The zero-order valence-corrected chi connectivity index (χ0v) is 17.1. The number of nitrogens with one attached hydrogen (secondary N) is 1. The first-order valence-corrected chi connectivity index (χ1v) is 9.89. The first kappa shape index (κ1) is 20.6. The molecule has 140 valence electrons. The molecule has 2 atom stereocenters. The van der Waals surface area contributed by atoms with E-state index >= 15 is 0 Å². The number of hydrogen-bond acceptors (Lipinski definition) is 4. The van der Waals surface area contributed by atoms with E-state index in [1.807, 2.05) is 65.8 Å². The predicted molar refractivity (Wildman–Crippen MR) is 103 cm³/mol. The van der Waals surface area contributed by atoms with Gasteiger partial charge in [0.2, 0.25) is 0 Å². The SMILES string of the molecule is CC(C)S(=O)NCC(C)(O)c1ccc(B2OC(C)(C)C(C)(C)O2)cc1. The topological polar surface area (TPSA) is 67.8 Å². The highest BCUT2D eigenvalue weighted by molar-refractivity contribution is 7.83. The van der Waals surface area contributed by atoms with Gasteiger partial charge in [-0.1, -0.05) is 24.3 Å². The molecule has 0 amide bonds. The zero-order valence-electron chi connectivity index (χ0n) is 16.3. The van der Waals surface area contributed by atoms with Crippen LogP contribution in [-0.2, 0) is 25.9 Å². The van der Waals surface area contributed by atoms with Crippen molar-refractivity contribution >= 4 is 23.6 Å². The Balaban J connectivity index is 2.08. The van der Waals surface area contributed by atoms with Gasteiger partial charge in [-0.25, -0.2) is 8.93 Å². The maximum Gasteiger partial charge on any atom is 0.494 e. The molecule has 0 saturated carbocycles. The van der Waals surface area contributed by atoms with E-state index in [0.29, 0.717) is 0 Å². The molecule has 1 aromatic carbocycles. The van der Waals surface area contributed by atoms with Gasteiger partial charge in [-0.2, -0.15) is 0 Å². The molecule has 25 heavy (non-hydrogen) atoms. The fourth-order valence-electron chi connectivity index (χ4n) is 2.46. The van der Waals surface area contributed by atoms with Crippen LogP contribution in [0.1, 0.15) is 54.0 Å². The van der Waals surface area contributed by atoms with Crippen molar-refractivity contribution in [2.24, 2.45) is 0 Å². The van der Waals surface area contributed by atoms with Gasteiger partial charge in [0.05, 0.1) is 22.2 Å². The minimum absolute atomic E-state index is 0.00143. The molecule has 0 aliphatic carbocycles. The van der Waals surface area contributed by atoms with Gasteiger partial charge >= 0.3 is 7.12 Å². The highest BCUT2D eigenvalue weighted by Gasteiger charge is 2.51. The van der Waals surface area contributed by atoms with Gasteiger partial charge in [-0.15, -0.1) is 0 Å². The molecule has 1 heterocycles. The van der Waals surface area contributed by atoms with Crippen molar-refractivity contribution in [3.05, 3.63) is 29.8 Å². The highest BCUT2D eigenvalue weighted by Crippen LogP contribution is 2.36. The second-order valence-electron chi connectivity index (χ2n) is 8.15. The lowest BCUT2D eigenvalue weighted by Gasteiger charge is -2.32. The number of hydrogen-bond donors (Lipinski definition) is 2. The third-order valence-electron chi connectivity index (χ3n) is 5.04. The molecule has 0 bridgehead atoms. The van der Waals surface area contributed by atoms with Crippen LogP contribution in [0.25, 0.3) is 0 Å². The lowest BCUT2D eigenvalue weighted by atomic mass is 9.78. The monoisotopic (exact) mass is 367 g/mol. The Labute approximate surface area is 154 Å². The smallest absolute Gasteiger partial charge is 0.399 e. The van der Waals surface area contributed by atoms with Crippen molar-refractivity contribution in [2.45, 2.75) is 70.5 Å². The number of benzene rings is 1. The molecule has 1 aliphatic rings. The molecule has 0 radical (unpaired) electrons. The van der Waals surface area contributed by atoms with Crippen molar-refractivity contribution in [3.63, 3.8) is 0 Å². The van der Waals surface area contributed by atoms with Crippen molar-refractivity contribution in [1.29, 1.82) is 0 Å². The van der Waals surface area contributed by atoms with Gasteiger partial charge in [-0.05, 0) is 59.5 Å². The average molecular weight is 367 g/mol. The van der Waals surface area contributed by atoms with Crippen LogP contribution in [0.2, 0.25) is 0 Å². The van der Waals surface area contributed by atoms with Crippen LogP contribution >= 0.6 is 0 Å². The predicted octanol–water partition coefficient (Wildman–Crippen LogP) is 1.85. The van der Waals surface area contributed by atoms with Crippen LogP contribution in [0.3, 0.4) is 0 Å². The molecule has 0 spiro atoms. The summed E-state index contributed by atoms with van der Waals surface area (Å²) in [6, 6.07) is 7.54. The Hall–Kier alpha value is -0.725. The van der Waals surface area contributed by atoms with Crippen LogP contribution in [0.5, 0.6) is 0 Å². The lowest BCUT2D eigenvalue weighted by molar-refractivity contribution is 0.00578. The standard InChI is InChI=1S/C18H30BNO4S/c1-13(2)25(22)20-12-18(7,21)14-8-10-15(11-9-14)19-23-16(3,4)17(5,6)24-19/h8-11,13,20-21H,12H2,1-7H3. The molecule has 1 aromatic rings. The summed E-state index contributed by atoms with van der Waals surface area (Å²) in [6.07, 6.45) is 0. The van der Waals surface area contributed by atoms with Crippen LogP contribution in [0.15, 0.2) is 24.3 Å². The largest absolute Gasteiger partial charge is 0.494 e. The molecule has 2 unspecified atom stereocenters. The fraction of sp³-hybridized carbons (Fsp3) is 0.667. The zero-order chi connectivity index (χ0) is 19.0. The Bertz CT molecular complexity index is 612. The van der Waals surface area contributed by atoms with E-state index in [1.54, 1.807) is 6.92 Å². The third kappa shape index (κ3) is 4.52. The molecule has 7 heteroatoms. The van der Waals surface area contributed by atoms with Crippen LogP contribution in [0.4, 0.5) is 0 Å². The van der Waals surface area contributed by atoms with Crippen LogP contribution < -0.4 is 10.2 Å². The summed E-state index contributed by atoms with van der Waals surface area (Å²) < 4.78 is 26.8. The van der Waals surface area contributed by atoms with Gasteiger partial charge < -0.3 is 14.4 Å². The number of rotatable bonds is 6. The first-order chi connectivity index (χ1) is 11.4. The molecule has 1 aliphatic heterocycles. The second-order valence-corrected chi connectivity index (χ2v) is 9.98. The van der Waals surface area contributed by atoms with Crippen LogP contribution in [-0.4, -0.2) is 39.4 Å². The van der Waals surface area contributed by atoms with Crippen LogP contribution in [0, 0.1) is 0 Å². The summed E-state index contributed by atoms with van der Waals surface area (Å²) in [5.74, 6) is 0. The summed E-state index contributed by atoms with van der Waals surface area (Å²) >= 11 is 0. The van der Waals surface area contributed by atoms with E-state index in [1.165, 1.54) is 0 Å². The Morgan fingerprint density at radius 3 is 2.08 bits per heavy atom. The lowest BCUT2D eigenvalue weighted by Crippen LogP contribution is -2.41. The molecule has 1 fully saturated rings. The van der Waals surface area contributed by atoms with E-state index in [4.69, 9.17) is 9.31 Å². The van der Waals surface area contributed by atoms with E-state index in [-0.39, 0.29) is 23.0 Å². The van der Waals surface area contributed by atoms with Gasteiger partial charge in [-0.3, -0.25) is 0 Å². The van der Waals surface area contributed by atoms with E-state index < -0.39 is 23.7 Å². The van der Waals surface area contributed by atoms with E-state index in [9.17, 15) is 9.32 Å². The number of aliphatic hydroxyl groups is 1. The molecule has 2 rings (SSSR count). The quantitative estimate of drug-likeness (QED) is 0.754. The average Bonchev–Trinajstić information content (AvgIpc) is 2.73. The summed E-state index contributed by atoms with van der Waals surface area (Å²) in [5, 5.41) is 10.7. The summed E-state index contributed by atoms with van der Waals surface area (Å²) in [7, 11) is -1.59. The molecular formula is C18H30BNO4S. The normalized spacial score (nSPS) is 22.8. The second kappa shape index (κ2) is 7.12. The Kier molecular flexibility index (Phi) is 5.86. The van der Waals surface area contributed by atoms with Gasteiger partial charge in [0.15, 0.2) is 0 Å². The summed E-state index contributed by atoms with van der Waals surface area (Å²) in [6.45, 7) is 13.8. The molecule has 5 nitrogen and oxygen atoms in total. The molecular weight excluding hydrogens is 337 g/mol. The van der Waals surface area contributed by atoms with Crippen molar-refractivity contribution in [2.75, 3.05) is 6.54 Å². The van der Waals surface area contributed by atoms with E-state index in [0.717, 1.165) is 11.0 Å². The van der Waals surface area contributed by atoms with Crippen molar-refractivity contribution < 1.29 is 18.6 Å². The maximum absolute atomic E-state index is 11.8. The maximum atomic E-state index is 11.8. The third-order valence-corrected chi connectivity index (χ3v) is 6.33. The fourth-order valence-corrected chi connectivity index (χ4v) is 3.22. The summed E-state index contributed by atoms with van der Waals surface area (Å²) in [5.41, 5.74) is -0.212.